The van der Waals surface area contributed by atoms with Crippen LogP contribution in [0.1, 0.15) is 12.0 Å². The molecule has 2 aromatic carbocycles. The number of methoxy groups -OCH3 is 2. The minimum Gasteiger partial charge on any atom is -0.493 e. The van der Waals surface area contributed by atoms with Crippen molar-refractivity contribution in [3.05, 3.63) is 53.8 Å². The van der Waals surface area contributed by atoms with Crippen LogP contribution in [-0.4, -0.2) is 25.9 Å². The predicted molar refractivity (Wildman–Crippen MR) is 93.1 cm³/mol. The van der Waals surface area contributed by atoms with Gasteiger partial charge in [0.15, 0.2) is 11.5 Å². The molecule has 0 aliphatic rings. The number of para-hydroxylation sites is 1. The number of hydrogen-bond donors (Lipinski definition) is 1. The fraction of sp³-hybridized carbons (Fsp3) is 0.278. The first-order valence-corrected chi connectivity index (χ1v) is 8.47. The molecule has 1 N–H and O–H groups in total. The maximum atomic E-state index is 12.8. The van der Waals surface area contributed by atoms with Crippen LogP contribution < -0.4 is 14.8 Å². The van der Waals surface area contributed by atoms with Crippen molar-refractivity contribution in [3.63, 3.8) is 0 Å². The van der Waals surface area contributed by atoms with Crippen molar-refractivity contribution < 1.29 is 18.7 Å². The van der Waals surface area contributed by atoms with Gasteiger partial charge in [0, 0.05) is 29.2 Å². The second kappa shape index (κ2) is 9.17. The summed E-state index contributed by atoms with van der Waals surface area (Å²) >= 11 is 1.52. The maximum absolute atomic E-state index is 12.8. The molecule has 0 saturated carbocycles. The zero-order valence-corrected chi connectivity index (χ0v) is 14.5. The Labute approximate surface area is 145 Å². The Morgan fingerprint density at radius 2 is 1.88 bits per heavy atom. The molecule has 24 heavy (non-hydrogen) atoms. The van der Waals surface area contributed by atoms with Gasteiger partial charge in [-0.2, -0.15) is 0 Å². The van der Waals surface area contributed by atoms with Gasteiger partial charge < -0.3 is 14.8 Å². The third-order valence-electron chi connectivity index (χ3n) is 3.37. The van der Waals surface area contributed by atoms with Gasteiger partial charge in [-0.25, -0.2) is 4.39 Å². The minimum atomic E-state index is -0.260. The van der Waals surface area contributed by atoms with E-state index in [1.165, 1.54) is 23.9 Å². The molecule has 0 aliphatic heterocycles. The number of amides is 1. The highest BCUT2D eigenvalue weighted by atomic mass is 32.2. The van der Waals surface area contributed by atoms with Crippen LogP contribution in [0, 0.1) is 5.82 Å². The molecule has 1 amide bonds. The summed E-state index contributed by atoms with van der Waals surface area (Å²) in [6, 6.07) is 11.8. The number of halogens is 1. The van der Waals surface area contributed by atoms with E-state index < -0.39 is 0 Å². The normalized spacial score (nSPS) is 10.3. The van der Waals surface area contributed by atoms with Crippen LogP contribution in [0.25, 0.3) is 0 Å². The molecular weight excluding hydrogens is 329 g/mol. The molecule has 6 heteroatoms. The van der Waals surface area contributed by atoms with E-state index in [-0.39, 0.29) is 11.7 Å². The molecule has 0 aliphatic carbocycles. The smallest absolute Gasteiger partial charge is 0.221 e. The van der Waals surface area contributed by atoms with Crippen LogP contribution >= 0.6 is 11.8 Å². The number of thioether (sulfide) groups is 1. The summed E-state index contributed by atoms with van der Waals surface area (Å²) in [6.45, 7) is 0.375. The van der Waals surface area contributed by atoms with Crippen LogP contribution in [0.2, 0.25) is 0 Å². The summed E-state index contributed by atoms with van der Waals surface area (Å²) in [5, 5.41) is 2.87. The lowest BCUT2D eigenvalue weighted by Crippen LogP contribution is -2.23. The van der Waals surface area contributed by atoms with Gasteiger partial charge in [0.1, 0.15) is 5.82 Å². The van der Waals surface area contributed by atoms with Crippen LogP contribution in [0.4, 0.5) is 4.39 Å². The minimum absolute atomic E-state index is 0.0468. The van der Waals surface area contributed by atoms with E-state index in [2.05, 4.69) is 5.32 Å². The molecule has 0 fully saturated rings. The fourth-order valence-corrected chi connectivity index (χ4v) is 3.02. The Bertz CT molecular complexity index is 676. The van der Waals surface area contributed by atoms with Gasteiger partial charge >= 0.3 is 0 Å². The summed E-state index contributed by atoms with van der Waals surface area (Å²) < 4.78 is 23.4. The summed E-state index contributed by atoms with van der Waals surface area (Å²) in [5.41, 5.74) is 0.858. The molecule has 2 rings (SSSR count). The molecular formula is C18H20FNO3S. The Morgan fingerprint density at radius 3 is 2.54 bits per heavy atom. The van der Waals surface area contributed by atoms with E-state index in [1.807, 2.05) is 18.2 Å². The van der Waals surface area contributed by atoms with Gasteiger partial charge in [0.2, 0.25) is 5.91 Å². The summed E-state index contributed by atoms with van der Waals surface area (Å²) in [5.74, 6) is 1.59. The topological polar surface area (TPSA) is 47.6 Å². The van der Waals surface area contributed by atoms with Crippen LogP contribution in [0.5, 0.6) is 11.5 Å². The zero-order chi connectivity index (χ0) is 17.4. The van der Waals surface area contributed by atoms with Crippen molar-refractivity contribution in [2.24, 2.45) is 0 Å². The standard InChI is InChI=1S/C18H20FNO3S/c1-22-16-5-3-4-13(18(16)23-2)12-20-17(21)10-11-24-15-8-6-14(19)7-9-15/h3-9H,10-12H2,1-2H3,(H,20,21). The number of benzene rings is 2. The molecule has 4 nitrogen and oxygen atoms in total. The Morgan fingerprint density at radius 1 is 1.12 bits per heavy atom. The number of hydrogen-bond acceptors (Lipinski definition) is 4. The summed E-state index contributed by atoms with van der Waals surface area (Å²) in [7, 11) is 3.15. The van der Waals surface area contributed by atoms with Crippen LogP contribution in [0.15, 0.2) is 47.4 Å². The molecule has 0 atom stereocenters. The van der Waals surface area contributed by atoms with E-state index in [4.69, 9.17) is 9.47 Å². The lowest BCUT2D eigenvalue weighted by Gasteiger charge is -2.13. The quantitative estimate of drug-likeness (QED) is 0.739. The lowest BCUT2D eigenvalue weighted by molar-refractivity contribution is -0.120. The molecule has 0 spiro atoms. The summed E-state index contributed by atoms with van der Waals surface area (Å²) in [4.78, 5) is 12.9. The first-order chi connectivity index (χ1) is 11.6. The second-order valence-corrected chi connectivity index (χ2v) is 6.15. The SMILES string of the molecule is COc1cccc(CNC(=O)CCSc2ccc(F)cc2)c1OC. The van der Waals surface area contributed by atoms with Gasteiger partial charge in [0.25, 0.3) is 0 Å². The number of rotatable bonds is 8. The van der Waals surface area contributed by atoms with E-state index in [1.54, 1.807) is 26.4 Å². The Hall–Kier alpha value is -2.21. The van der Waals surface area contributed by atoms with Crippen molar-refractivity contribution in [2.75, 3.05) is 20.0 Å². The highest BCUT2D eigenvalue weighted by Gasteiger charge is 2.10. The molecule has 0 aromatic heterocycles. The molecule has 2 aromatic rings. The van der Waals surface area contributed by atoms with Crippen LogP contribution in [-0.2, 0) is 11.3 Å². The number of nitrogens with one attached hydrogen (secondary N) is 1. The highest BCUT2D eigenvalue weighted by molar-refractivity contribution is 7.99. The monoisotopic (exact) mass is 349 g/mol. The number of carbonyl (C=O) groups excluding carboxylic acids is 1. The molecule has 128 valence electrons. The Kier molecular flexibility index (Phi) is 6.93. The third-order valence-corrected chi connectivity index (χ3v) is 4.39. The molecule has 0 radical (unpaired) electrons. The highest BCUT2D eigenvalue weighted by Crippen LogP contribution is 2.30. The molecule has 0 heterocycles. The predicted octanol–water partition coefficient (Wildman–Crippen LogP) is 3.64. The van der Waals surface area contributed by atoms with E-state index in [0.29, 0.717) is 30.2 Å². The fourth-order valence-electron chi connectivity index (χ4n) is 2.17. The second-order valence-electron chi connectivity index (χ2n) is 4.98. The van der Waals surface area contributed by atoms with E-state index >= 15 is 0 Å². The largest absolute Gasteiger partial charge is 0.493 e. The van der Waals surface area contributed by atoms with Gasteiger partial charge in [0.05, 0.1) is 14.2 Å². The Balaban J connectivity index is 1.80. The first kappa shape index (κ1) is 18.1. The van der Waals surface area contributed by atoms with Gasteiger partial charge in [-0.3, -0.25) is 4.79 Å². The molecule has 0 unspecified atom stereocenters. The average Bonchev–Trinajstić information content (AvgIpc) is 2.61. The molecule has 0 bridgehead atoms. The first-order valence-electron chi connectivity index (χ1n) is 7.49. The van der Waals surface area contributed by atoms with Crippen LogP contribution in [0.3, 0.4) is 0 Å². The maximum Gasteiger partial charge on any atom is 0.221 e. The number of ether oxygens (including phenoxy) is 2. The summed E-state index contributed by atoms with van der Waals surface area (Å²) in [6.07, 6.45) is 0.383. The van der Waals surface area contributed by atoms with Crippen molar-refractivity contribution in [2.45, 2.75) is 17.9 Å². The van der Waals surface area contributed by atoms with Gasteiger partial charge in [-0.1, -0.05) is 12.1 Å². The lowest BCUT2D eigenvalue weighted by atomic mass is 10.2. The average molecular weight is 349 g/mol. The van der Waals surface area contributed by atoms with E-state index in [0.717, 1.165) is 10.5 Å². The number of carbonyl (C=O) groups is 1. The van der Waals surface area contributed by atoms with Crippen molar-refractivity contribution in [1.29, 1.82) is 0 Å². The van der Waals surface area contributed by atoms with Gasteiger partial charge in [-0.15, -0.1) is 11.8 Å². The van der Waals surface area contributed by atoms with Crippen molar-refractivity contribution >= 4 is 17.7 Å². The zero-order valence-electron chi connectivity index (χ0n) is 13.7. The molecule has 0 saturated heterocycles. The van der Waals surface area contributed by atoms with E-state index in [9.17, 15) is 9.18 Å². The van der Waals surface area contributed by atoms with Crippen molar-refractivity contribution in [3.8, 4) is 11.5 Å². The van der Waals surface area contributed by atoms with Gasteiger partial charge in [-0.05, 0) is 30.3 Å². The van der Waals surface area contributed by atoms with Crippen molar-refractivity contribution in [1.82, 2.24) is 5.32 Å². The third kappa shape index (κ3) is 5.16.